The molecule has 1 saturated carbocycles. The molecule has 1 aromatic rings. The van der Waals surface area contributed by atoms with Crippen LogP contribution in [0.1, 0.15) is 38.2 Å². The van der Waals surface area contributed by atoms with Crippen LogP contribution in [-0.2, 0) is 6.54 Å². The Balaban J connectivity index is 1.54. The maximum Gasteiger partial charge on any atom is 0.0234 e. The van der Waals surface area contributed by atoms with E-state index in [1.807, 2.05) is 0 Å². The van der Waals surface area contributed by atoms with Crippen LogP contribution in [0.4, 0.5) is 0 Å². The molecule has 0 aromatic heterocycles. The summed E-state index contributed by atoms with van der Waals surface area (Å²) in [6.45, 7) is 7.04. The van der Waals surface area contributed by atoms with Crippen molar-refractivity contribution in [3.05, 3.63) is 35.9 Å². The molecule has 3 atom stereocenters. The molecular weight excluding hydrogens is 258 g/mol. The predicted octanol–water partition coefficient (Wildman–Crippen LogP) is 2.46. The number of nitrogens with zero attached hydrogens (tertiary/aromatic N) is 2. The van der Waals surface area contributed by atoms with Crippen LogP contribution in [0.25, 0.3) is 0 Å². The minimum absolute atomic E-state index is 0.429. The highest BCUT2D eigenvalue weighted by Gasteiger charge is 2.31. The second-order valence-electron chi connectivity index (χ2n) is 6.89. The van der Waals surface area contributed by atoms with E-state index in [1.165, 1.54) is 50.9 Å². The molecule has 1 aliphatic heterocycles. The Morgan fingerprint density at radius 1 is 1.14 bits per heavy atom. The zero-order chi connectivity index (χ0) is 14.7. The van der Waals surface area contributed by atoms with Crippen molar-refractivity contribution in [2.75, 3.05) is 19.6 Å². The van der Waals surface area contributed by atoms with Crippen LogP contribution in [0.2, 0.25) is 0 Å². The number of hydrogen-bond acceptors (Lipinski definition) is 3. The Kier molecular flexibility index (Phi) is 4.94. The van der Waals surface area contributed by atoms with Crippen LogP contribution >= 0.6 is 0 Å². The van der Waals surface area contributed by atoms with E-state index in [1.54, 1.807) is 0 Å². The summed E-state index contributed by atoms with van der Waals surface area (Å²) >= 11 is 0. The van der Waals surface area contributed by atoms with E-state index in [0.29, 0.717) is 12.1 Å². The normalized spacial score (nSPS) is 32.2. The van der Waals surface area contributed by atoms with Gasteiger partial charge in [0.2, 0.25) is 0 Å². The van der Waals surface area contributed by atoms with Gasteiger partial charge in [-0.2, -0.15) is 0 Å². The van der Waals surface area contributed by atoms with Crippen LogP contribution in [0.3, 0.4) is 0 Å². The van der Waals surface area contributed by atoms with E-state index in [2.05, 4.69) is 47.1 Å². The summed E-state index contributed by atoms with van der Waals surface area (Å²) in [6, 6.07) is 12.6. The molecule has 2 fully saturated rings. The molecule has 3 nitrogen and oxygen atoms in total. The highest BCUT2D eigenvalue weighted by molar-refractivity contribution is 5.14. The maximum absolute atomic E-state index is 6.17. The Morgan fingerprint density at radius 2 is 1.95 bits per heavy atom. The van der Waals surface area contributed by atoms with Crippen LogP contribution in [0.5, 0.6) is 0 Å². The smallest absolute Gasteiger partial charge is 0.0234 e. The third-order valence-electron chi connectivity index (χ3n) is 5.17. The average molecular weight is 287 g/mol. The molecule has 0 amide bonds. The van der Waals surface area contributed by atoms with Crippen molar-refractivity contribution < 1.29 is 0 Å². The largest absolute Gasteiger partial charge is 0.328 e. The molecule has 0 bridgehead atoms. The Hall–Kier alpha value is -0.900. The van der Waals surface area contributed by atoms with Crippen molar-refractivity contribution in [3.8, 4) is 0 Å². The molecule has 0 radical (unpaired) electrons. The molecule has 3 unspecified atom stereocenters. The van der Waals surface area contributed by atoms with E-state index in [4.69, 9.17) is 5.73 Å². The zero-order valence-corrected chi connectivity index (χ0v) is 13.2. The fourth-order valence-electron chi connectivity index (χ4n) is 4.08. The molecule has 1 aliphatic carbocycles. The van der Waals surface area contributed by atoms with Crippen molar-refractivity contribution in [2.24, 2.45) is 5.73 Å². The van der Waals surface area contributed by atoms with E-state index in [0.717, 1.165) is 12.6 Å². The first-order valence-electron chi connectivity index (χ1n) is 8.50. The molecule has 0 spiro atoms. The molecule has 2 N–H and O–H groups in total. The van der Waals surface area contributed by atoms with Crippen molar-refractivity contribution >= 4 is 0 Å². The molecular formula is C18H29N3. The summed E-state index contributed by atoms with van der Waals surface area (Å²) < 4.78 is 0. The molecule has 1 aromatic carbocycles. The Bertz CT molecular complexity index is 433. The summed E-state index contributed by atoms with van der Waals surface area (Å²) in [4.78, 5) is 5.32. The van der Waals surface area contributed by atoms with Gasteiger partial charge in [-0.25, -0.2) is 0 Å². The van der Waals surface area contributed by atoms with Crippen LogP contribution in [-0.4, -0.2) is 47.6 Å². The summed E-state index contributed by atoms with van der Waals surface area (Å²) in [7, 11) is 0. The van der Waals surface area contributed by atoms with Gasteiger partial charge in [-0.15, -0.1) is 0 Å². The third-order valence-corrected chi connectivity index (χ3v) is 5.17. The van der Waals surface area contributed by atoms with E-state index < -0.39 is 0 Å². The minimum Gasteiger partial charge on any atom is -0.328 e. The van der Waals surface area contributed by atoms with Crippen molar-refractivity contribution in [2.45, 2.75) is 57.3 Å². The van der Waals surface area contributed by atoms with Gasteiger partial charge in [-0.3, -0.25) is 9.80 Å². The van der Waals surface area contributed by atoms with Gasteiger partial charge < -0.3 is 5.73 Å². The monoisotopic (exact) mass is 287 g/mol. The lowest BCUT2D eigenvalue weighted by Gasteiger charge is -2.46. The first-order valence-corrected chi connectivity index (χ1v) is 8.50. The van der Waals surface area contributed by atoms with Crippen molar-refractivity contribution in [1.82, 2.24) is 9.80 Å². The van der Waals surface area contributed by atoms with Gasteiger partial charge in [-0.05, 0) is 31.7 Å². The number of rotatable bonds is 3. The SMILES string of the molecule is CC1CN(Cc2ccccc2)CCN1C1CCCC(N)C1. The lowest BCUT2D eigenvalue weighted by Crippen LogP contribution is -2.56. The Labute approximate surface area is 129 Å². The fraction of sp³-hybridized carbons (Fsp3) is 0.667. The van der Waals surface area contributed by atoms with Crippen LogP contribution < -0.4 is 5.73 Å². The minimum atomic E-state index is 0.429. The highest BCUT2D eigenvalue weighted by Crippen LogP contribution is 2.25. The highest BCUT2D eigenvalue weighted by atomic mass is 15.3. The van der Waals surface area contributed by atoms with Gasteiger partial charge in [0.05, 0.1) is 0 Å². The number of nitrogens with two attached hydrogens (primary N) is 1. The third kappa shape index (κ3) is 3.85. The van der Waals surface area contributed by atoms with Gasteiger partial charge in [0, 0.05) is 44.3 Å². The summed E-state index contributed by atoms with van der Waals surface area (Å²) in [6.07, 6.45) is 5.07. The first kappa shape index (κ1) is 15.0. The lowest BCUT2D eigenvalue weighted by atomic mass is 9.89. The van der Waals surface area contributed by atoms with Gasteiger partial charge in [0.25, 0.3) is 0 Å². The lowest BCUT2D eigenvalue weighted by molar-refractivity contribution is 0.0294. The summed E-state index contributed by atoms with van der Waals surface area (Å²) in [5.41, 5.74) is 7.60. The van der Waals surface area contributed by atoms with Gasteiger partial charge in [0.1, 0.15) is 0 Å². The van der Waals surface area contributed by atoms with E-state index >= 15 is 0 Å². The van der Waals surface area contributed by atoms with E-state index in [-0.39, 0.29) is 0 Å². The van der Waals surface area contributed by atoms with Crippen LogP contribution in [0, 0.1) is 0 Å². The average Bonchev–Trinajstić information content (AvgIpc) is 2.48. The van der Waals surface area contributed by atoms with Gasteiger partial charge in [0.15, 0.2) is 0 Å². The van der Waals surface area contributed by atoms with E-state index in [9.17, 15) is 0 Å². The standard InChI is InChI=1S/C18H29N3/c1-15-13-20(14-16-6-3-2-4-7-16)10-11-21(15)18-9-5-8-17(19)12-18/h2-4,6-7,15,17-18H,5,8-14,19H2,1H3. The van der Waals surface area contributed by atoms with Gasteiger partial charge in [-0.1, -0.05) is 36.8 Å². The van der Waals surface area contributed by atoms with Crippen molar-refractivity contribution in [1.29, 1.82) is 0 Å². The second-order valence-corrected chi connectivity index (χ2v) is 6.89. The number of benzene rings is 1. The summed E-state index contributed by atoms with van der Waals surface area (Å²) in [5.74, 6) is 0. The second kappa shape index (κ2) is 6.91. The van der Waals surface area contributed by atoms with Crippen molar-refractivity contribution in [3.63, 3.8) is 0 Å². The Morgan fingerprint density at radius 3 is 2.67 bits per heavy atom. The predicted molar refractivity (Wildman–Crippen MR) is 88.1 cm³/mol. The number of hydrogen-bond donors (Lipinski definition) is 1. The molecule has 21 heavy (non-hydrogen) atoms. The molecule has 3 rings (SSSR count). The zero-order valence-electron chi connectivity index (χ0n) is 13.2. The fourth-order valence-corrected chi connectivity index (χ4v) is 4.08. The molecule has 1 heterocycles. The molecule has 3 heteroatoms. The first-order chi connectivity index (χ1) is 10.2. The topological polar surface area (TPSA) is 32.5 Å². The molecule has 1 saturated heterocycles. The number of piperazine rings is 1. The summed E-state index contributed by atoms with van der Waals surface area (Å²) in [5, 5.41) is 0. The molecule has 116 valence electrons. The quantitative estimate of drug-likeness (QED) is 0.927. The molecule has 2 aliphatic rings. The van der Waals surface area contributed by atoms with Crippen LogP contribution in [0.15, 0.2) is 30.3 Å². The maximum atomic E-state index is 6.17. The van der Waals surface area contributed by atoms with Gasteiger partial charge >= 0.3 is 0 Å².